The number of nitro groups is 1. The molecule has 4 aromatic rings. The number of para-hydroxylation sites is 3. The molecule has 4 rings (SSSR count). The van der Waals surface area contributed by atoms with Gasteiger partial charge in [-0.15, -0.1) is 10.2 Å². The van der Waals surface area contributed by atoms with Crippen molar-refractivity contribution in [1.29, 1.82) is 0 Å². The highest BCUT2D eigenvalue weighted by atomic mass is 32.2. The van der Waals surface area contributed by atoms with Gasteiger partial charge in [-0.1, -0.05) is 42.1 Å². The Morgan fingerprint density at radius 2 is 1.78 bits per heavy atom. The lowest BCUT2D eigenvalue weighted by atomic mass is 10.2. The molecule has 0 aliphatic carbocycles. The largest absolute Gasteiger partial charge is 0.320 e. The van der Waals surface area contributed by atoms with Crippen molar-refractivity contribution in [3.8, 4) is 17.1 Å². The van der Waals surface area contributed by atoms with Gasteiger partial charge in [-0.25, -0.2) is 0 Å². The number of hydrogen-bond acceptors (Lipinski definition) is 7. The number of carbonyl (C=O) groups excluding carboxylic acids is 1. The highest BCUT2D eigenvalue weighted by Gasteiger charge is 2.19. The number of nitrogens with zero attached hydrogens (tertiary/aromatic N) is 5. The average molecular weight is 446 g/mol. The van der Waals surface area contributed by atoms with Crippen molar-refractivity contribution in [1.82, 2.24) is 19.7 Å². The first-order chi connectivity index (χ1) is 15.5. The van der Waals surface area contributed by atoms with E-state index in [9.17, 15) is 14.9 Å². The van der Waals surface area contributed by atoms with Crippen molar-refractivity contribution >= 4 is 29.0 Å². The van der Waals surface area contributed by atoms with Gasteiger partial charge in [0, 0.05) is 24.0 Å². The van der Waals surface area contributed by atoms with Crippen LogP contribution in [0.4, 0.5) is 11.4 Å². The number of benzene rings is 2. The van der Waals surface area contributed by atoms with E-state index in [2.05, 4.69) is 20.5 Å². The summed E-state index contributed by atoms with van der Waals surface area (Å²) in [6, 6.07) is 17.5. The van der Waals surface area contributed by atoms with Gasteiger partial charge >= 0.3 is 0 Å². The van der Waals surface area contributed by atoms with Crippen LogP contribution in [0.1, 0.15) is 5.56 Å². The Balaban J connectivity index is 1.61. The Labute approximate surface area is 187 Å². The summed E-state index contributed by atoms with van der Waals surface area (Å²) in [5, 5.41) is 23.0. The number of pyridine rings is 1. The minimum atomic E-state index is -0.529. The van der Waals surface area contributed by atoms with Crippen molar-refractivity contribution in [3.05, 3.63) is 88.7 Å². The van der Waals surface area contributed by atoms with Gasteiger partial charge in [0.25, 0.3) is 5.69 Å². The van der Waals surface area contributed by atoms with Crippen LogP contribution in [-0.4, -0.2) is 36.3 Å². The van der Waals surface area contributed by atoms with Gasteiger partial charge in [-0.2, -0.15) is 0 Å². The summed E-state index contributed by atoms with van der Waals surface area (Å²) in [6.45, 7) is 1.99. The second-order valence-corrected chi connectivity index (χ2v) is 7.72. The van der Waals surface area contributed by atoms with Gasteiger partial charge in [0.15, 0.2) is 11.0 Å². The van der Waals surface area contributed by atoms with Crippen LogP contribution < -0.4 is 5.32 Å². The first-order valence-corrected chi connectivity index (χ1v) is 10.6. The molecule has 1 amide bonds. The molecule has 2 aromatic heterocycles. The van der Waals surface area contributed by atoms with Crippen LogP contribution in [0.2, 0.25) is 0 Å². The average Bonchev–Trinajstić information content (AvgIpc) is 3.22. The standard InChI is InChI=1S/C22H18N6O3S/c1-15-6-2-4-8-18(15)27-21(16-10-12-23-13-11-16)25-26-22(27)32-14-20(29)24-17-7-3-5-9-19(17)28(30)31/h2-13H,14H2,1H3,(H,24,29). The molecule has 32 heavy (non-hydrogen) atoms. The molecule has 0 saturated carbocycles. The SMILES string of the molecule is Cc1ccccc1-n1c(SCC(=O)Nc2ccccc2[N+](=O)[O-])nnc1-c1ccncc1. The van der Waals surface area contributed by atoms with Crippen LogP contribution in [0, 0.1) is 17.0 Å². The fourth-order valence-electron chi connectivity index (χ4n) is 3.14. The van der Waals surface area contributed by atoms with Crippen molar-refractivity contribution in [2.24, 2.45) is 0 Å². The maximum Gasteiger partial charge on any atom is 0.292 e. The molecule has 0 aliphatic rings. The summed E-state index contributed by atoms with van der Waals surface area (Å²) < 4.78 is 1.90. The van der Waals surface area contributed by atoms with Gasteiger partial charge < -0.3 is 5.32 Å². The van der Waals surface area contributed by atoms with Gasteiger partial charge in [0.1, 0.15) is 5.69 Å². The molecular formula is C22H18N6O3S. The number of rotatable bonds is 7. The van der Waals surface area contributed by atoms with Gasteiger partial charge in [-0.05, 0) is 36.8 Å². The van der Waals surface area contributed by atoms with Crippen molar-refractivity contribution in [2.45, 2.75) is 12.1 Å². The first kappa shape index (κ1) is 21.2. The van der Waals surface area contributed by atoms with Crippen LogP contribution in [0.3, 0.4) is 0 Å². The lowest BCUT2D eigenvalue weighted by Crippen LogP contribution is -2.15. The lowest BCUT2D eigenvalue weighted by molar-refractivity contribution is -0.383. The quantitative estimate of drug-likeness (QED) is 0.256. The zero-order valence-corrected chi connectivity index (χ0v) is 17.8. The van der Waals surface area contributed by atoms with E-state index in [-0.39, 0.29) is 23.0 Å². The summed E-state index contributed by atoms with van der Waals surface area (Å²) in [5.41, 5.74) is 2.75. The molecular weight excluding hydrogens is 428 g/mol. The smallest absolute Gasteiger partial charge is 0.292 e. The Bertz CT molecular complexity index is 1280. The molecule has 9 nitrogen and oxygen atoms in total. The van der Waals surface area contributed by atoms with Crippen LogP contribution >= 0.6 is 11.8 Å². The zero-order valence-electron chi connectivity index (χ0n) is 17.0. The predicted octanol–water partition coefficient (Wildman–Crippen LogP) is 4.28. The molecule has 0 fully saturated rings. The molecule has 0 spiro atoms. The van der Waals surface area contributed by atoms with E-state index in [1.165, 1.54) is 23.9 Å². The van der Waals surface area contributed by atoms with E-state index in [0.717, 1.165) is 16.8 Å². The van der Waals surface area contributed by atoms with E-state index in [1.807, 2.05) is 47.9 Å². The topological polar surface area (TPSA) is 116 Å². The molecule has 0 radical (unpaired) electrons. The third-order valence-electron chi connectivity index (χ3n) is 4.64. The van der Waals surface area contributed by atoms with E-state index in [4.69, 9.17) is 0 Å². The Kier molecular flexibility index (Phi) is 6.22. The van der Waals surface area contributed by atoms with Crippen LogP contribution in [0.25, 0.3) is 17.1 Å². The van der Waals surface area contributed by atoms with Crippen LogP contribution in [-0.2, 0) is 4.79 Å². The normalized spacial score (nSPS) is 10.7. The number of aryl methyl sites for hydroxylation is 1. The summed E-state index contributed by atoms with van der Waals surface area (Å²) >= 11 is 1.20. The van der Waals surface area contributed by atoms with E-state index in [1.54, 1.807) is 24.5 Å². The highest BCUT2D eigenvalue weighted by molar-refractivity contribution is 7.99. The number of hydrogen-bond donors (Lipinski definition) is 1. The maximum atomic E-state index is 12.5. The minimum absolute atomic E-state index is 0.00636. The Morgan fingerprint density at radius 3 is 2.53 bits per heavy atom. The summed E-state index contributed by atoms with van der Waals surface area (Å²) in [4.78, 5) is 27.2. The monoisotopic (exact) mass is 446 g/mol. The number of carbonyl (C=O) groups is 1. The third kappa shape index (κ3) is 4.49. The van der Waals surface area contributed by atoms with Crippen molar-refractivity contribution in [2.75, 3.05) is 11.1 Å². The summed E-state index contributed by atoms with van der Waals surface area (Å²) in [6.07, 6.45) is 3.36. The second-order valence-electron chi connectivity index (χ2n) is 6.78. The van der Waals surface area contributed by atoms with Crippen LogP contribution in [0.15, 0.2) is 78.2 Å². The van der Waals surface area contributed by atoms with Crippen LogP contribution in [0.5, 0.6) is 0 Å². The third-order valence-corrected chi connectivity index (χ3v) is 5.56. The lowest BCUT2D eigenvalue weighted by Gasteiger charge is -2.13. The first-order valence-electron chi connectivity index (χ1n) is 9.62. The molecule has 0 atom stereocenters. The molecule has 10 heteroatoms. The second kappa shape index (κ2) is 9.40. The fraction of sp³-hybridized carbons (Fsp3) is 0.0909. The maximum absolute atomic E-state index is 12.5. The van der Waals surface area contributed by atoms with Gasteiger partial charge in [0.05, 0.1) is 16.4 Å². The van der Waals surface area contributed by atoms with E-state index < -0.39 is 4.92 Å². The molecule has 160 valence electrons. The molecule has 2 aromatic carbocycles. The predicted molar refractivity (Wildman–Crippen MR) is 122 cm³/mol. The number of amides is 1. The van der Waals surface area contributed by atoms with Gasteiger partial charge in [0.2, 0.25) is 5.91 Å². The summed E-state index contributed by atoms with van der Waals surface area (Å²) in [7, 11) is 0. The minimum Gasteiger partial charge on any atom is -0.320 e. The molecule has 1 N–H and O–H groups in total. The zero-order chi connectivity index (χ0) is 22.5. The fourth-order valence-corrected chi connectivity index (χ4v) is 3.88. The summed E-state index contributed by atoms with van der Waals surface area (Å²) in [5.74, 6) is 0.254. The Morgan fingerprint density at radius 1 is 1.06 bits per heavy atom. The van der Waals surface area contributed by atoms with E-state index >= 15 is 0 Å². The number of aromatic nitrogens is 4. The molecule has 0 saturated heterocycles. The van der Waals surface area contributed by atoms with Gasteiger partial charge in [-0.3, -0.25) is 24.5 Å². The van der Waals surface area contributed by atoms with E-state index in [0.29, 0.717) is 11.0 Å². The molecule has 0 bridgehead atoms. The molecule has 2 heterocycles. The number of thioether (sulfide) groups is 1. The number of nitrogens with one attached hydrogen (secondary N) is 1. The number of anilines is 1. The van der Waals surface area contributed by atoms with Crippen molar-refractivity contribution in [3.63, 3.8) is 0 Å². The Hall–Kier alpha value is -4.05. The molecule has 0 unspecified atom stereocenters. The van der Waals surface area contributed by atoms with Crippen molar-refractivity contribution < 1.29 is 9.72 Å². The molecule has 0 aliphatic heterocycles. The number of nitro benzene ring substituents is 1. The highest BCUT2D eigenvalue weighted by Crippen LogP contribution is 2.30.